The van der Waals surface area contributed by atoms with Crippen LogP contribution in [0.1, 0.15) is 6.92 Å². The number of hydrogen-bond acceptors (Lipinski definition) is 2. The van der Waals surface area contributed by atoms with Crippen molar-refractivity contribution >= 4 is 11.9 Å². The second-order valence-corrected chi connectivity index (χ2v) is 3.48. The van der Waals surface area contributed by atoms with E-state index in [4.69, 9.17) is 21.9 Å². The van der Waals surface area contributed by atoms with Crippen LogP contribution in [0.15, 0.2) is 40.3 Å². The minimum absolute atomic E-state index is 0.0495. The summed E-state index contributed by atoms with van der Waals surface area (Å²) in [5.41, 5.74) is 15.8. The Morgan fingerprint density at radius 3 is 2.47 bits per heavy atom. The van der Waals surface area contributed by atoms with Gasteiger partial charge in [0.25, 0.3) is 0 Å². The van der Waals surface area contributed by atoms with E-state index in [1.165, 1.54) is 0 Å². The van der Waals surface area contributed by atoms with Crippen LogP contribution < -0.4 is 21.9 Å². The zero-order valence-corrected chi connectivity index (χ0v) is 9.71. The summed E-state index contributed by atoms with van der Waals surface area (Å²) in [5.74, 6) is 0.729. The van der Waals surface area contributed by atoms with Gasteiger partial charge >= 0.3 is 0 Å². The summed E-state index contributed by atoms with van der Waals surface area (Å²) in [4.78, 5) is 7.58. The Bertz CT molecular complexity index is 398. The highest BCUT2D eigenvalue weighted by Crippen LogP contribution is 2.10. The van der Waals surface area contributed by atoms with Crippen molar-refractivity contribution in [3.05, 3.63) is 30.3 Å². The van der Waals surface area contributed by atoms with Crippen molar-refractivity contribution in [1.29, 1.82) is 0 Å². The van der Waals surface area contributed by atoms with E-state index < -0.39 is 0 Å². The van der Waals surface area contributed by atoms with Crippen molar-refractivity contribution in [2.45, 2.75) is 13.0 Å². The molecule has 0 spiro atoms. The number of benzene rings is 1. The molecule has 92 valence electrons. The van der Waals surface area contributed by atoms with E-state index in [9.17, 15) is 0 Å². The van der Waals surface area contributed by atoms with Crippen LogP contribution in [0.5, 0.6) is 5.75 Å². The molecule has 1 atom stereocenters. The summed E-state index contributed by atoms with van der Waals surface area (Å²) in [6.45, 7) is 2.27. The maximum Gasteiger partial charge on any atom is 0.218 e. The highest BCUT2D eigenvalue weighted by molar-refractivity contribution is 5.92. The monoisotopic (exact) mass is 235 g/mol. The predicted octanol–water partition coefficient (Wildman–Crippen LogP) is 0.0420. The van der Waals surface area contributed by atoms with Gasteiger partial charge in [0.15, 0.2) is 5.96 Å². The first kappa shape index (κ1) is 12.8. The van der Waals surface area contributed by atoms with E-state index in [1.54, 1.807) is 0 Å². The second-order valence-electron chi connectivity index (χ2n) is 3.48. The lowest BCUT2D eigenvalue weighted by Crippen LogP contribution is -2.27. The number of para-hydroxylation sites is 1. The third kappa shape index (κ3) is 5.41. The fourth-order valence-electron chi connectivity index (χ4n) is 1.16. The average molecular weight is 235 g/mol. The molecule has 1 rings (SSSR count). The molecule has 0 fully saturated rings. The first-order valence-corrected chi connectivity index (χ1v) is 5.19. The molecular formula is C11H17N5O. The fraction of sp³-hybridized carbons (Fsp3) is 0.273. The van der Waals surface area contributed by atoms with E-state index in [-0.39, 0.29) is 18.0 Å². The summed E-state index contributed by atoms with van der Waals surface area (Å²) in [6, 6.07) is 9.48. The Balaban J connectivity index is 2.45. The lowest BCUT2D eigenvalue weighted by Gasteiger charge is -2.12. The molecule has 0 radical (unpaired) electrons. The molecule has 0 amide bonds. The molecule has 1 aromatic carbocycles. The maximum atomic E-state index is 5.60. The van der Waals surface area contributed by atoms with Crippen LogP contribution in [-0.4, -0.2) is 24.6 Å². The number of hydrogen-bond donors (Lipinski definition) is 3. The Kier molecular flexibility index (Phi) is 4.80. The standard InChI is InChI=1S/C11H17N5O/c1-8(7-15-11(14)16-10(12)13)17-9-5-3-2-4-6-9/h2-6,8H,7H2,1H3,(H6,12,13,14,15,16). The van der Waals surface area contributed by atoms with Gasteiger partial charge in [0.1, 0.15) is 11.9 Å². The molecule has 6 heteroatoms. The third-order valence-corrected chi connectivity index (χ3v) is 1.83. The van der Waals surface area contributed by atoms with Gasteiger partial charge in [-0.25, -0.2) is 4.99 Å². The molecule has 0 saturated heterocycles. The molecule has 6 N–H and O–H groups in total. The van der Waals surface area contributed by atoms with E-state index in [0.717, 1.165) is 5.75 Å². The molecule has 1 aromatic rings. The molecule has 0 bridgehead atoms. The number of ether oxygens (including phenoxy) is 1. The lowest BCUT2D eigenvalue weighted by molar-refractivity contribution is 0.230. The number of nitrogens with two attached hydrogens (primary N) is 3. The molecule has 0 aromatic heterocycles. The van der Waals surface area contributed by atoms with Crippen molar-refractivity contribution in [3.8, 4) is 5.75 Å². The van der Waals surface area contributed by atoms with Crippen molar-refractivity contribution in [3.63, 3.8) is 0 Å². The highest BCUT2D eigenvalue weighted by Gasteiger charge is 2.02. The maximum absolute atomic E-state index is 5.60. The molecule has 6 nitrogen and oxygen atoms in total. The van der Waals surface area contributed by atoms with E-state index >= 15 is 0 Å². The van der Waals surface area contributed by atoms with Gasteiger partial charge in [-0.05, 0) is 19.1 Å². The molecule has 0 aliphatic rings. The van der Waals surface area contributed by atoms with Crippen LogP contribution in [0.3, 0.4) is 0 Å². The number of aliphatic imine (C=N–C) groups is 2. The minimum Gasteiger partial charge on any atom is -0.489 e. The largest absolute Gasteiger partial charge is 0.489 e. The molecule has 0 aliphatic carbocycles. The molecule has 1 unspecified atom stereocenters. The number of rotatable bonds is 4. The zero-order valence-electron chi connectivity index (χ0n) is 9.71. The third-order valence-electron chi connectivity index (χ3n) is 1.83. The normalized spacial score (nSPS) is 12.9. The van der Waals surface area contributed by atoms with Gasteiger partial charge in [-0.15, -0.1) is 0 Å². The van der Waals surface area contributed by atoms with Crippen molar-refractivity contribution in [2.75, 3.05) is 6.54 Å². The molecule has 17 heavy (non-hydrogen) atoms. The molecular weight excluding hydrogens is 218 g/mol. The topological polar surface area (TPSA) is 112 Å². The second kappa shape index (κ2) is 6.37. The van der Waals surface area contributed by atoms with E-state index in [2.05, 4.69) is 9.98 Å². The van der Waals surface area contributed by atoms with Gasteiger partial charge < -0.3 is 21.9 Å². The number of guanidine groups is 2. The minimum atomic E-state index is -0.108. The number of nitrogens with zero attached hydrogens (tertiary/aromatic N) is 2. The lowest BCUT2D eigenvalue weighted by atomic mass is 10.3. The summed E-state index contributed by atoms with van der Waals surface area (Å²) in [7, 11) is 0. The fourth-order valence-corrected chi connectivity index (χ4v) is 1.16. The van der Waals surface area contributed by atoms with E-state index in [1.807, 2.05) is 37.3 Å². The van der Waals surface area contributed by atoms with Crippen molar-refractivity contribution in [2.24, 2.45) is 27.2 Å². The van der Waals surface area contributed by atoms with Crippen LogP contribution >= 0.6 is 0 Å². The van der Waals surface area contributed by atoms with Crippen LogP contribution in [0, 0.1) is 0 Å². The highest BCUT2D eigenvalue weighted by atomic mass is 16.5. The van der Waals surface area contributed by atoms with Gasteiger partial charge in [-0.3, -0.25) is 0 Å². The predicted molar refractivity (Wildman–Crippen MR) is 68.8 cm³/mol. The van der Waals surface area contributed by atoms with Gasteiger partial charge in [0.2, 0.25) is 5.96 Å². The zero-order chi connectivity index (χ0) is 12.7. The SMILES string of the molecule is CC(CN=C(N)N=C(N)N)Oc1ccccc1. The van der Waals surface area contributed by atoms with Gasteiger partial charge in [0.05, 0.1) is 6.54 Å². The Hall–Kier alpha value is -2.24. The summed E-state index contributed by atoms with van der Waals surface area (Å²) in [6.07, 6.45) is -0.106. The molecule has 0 aliphatic heterocycles. The first-order valence-electron chi connectivity index (χ1n) is 5.19. The van der Waals surface area contributed by atoms with Crippen molar-refractivity contribution in [1.82, 2.24) is 0 Å². The Morgan fingerprint density at radius 1 is 1.24 bits per heavy atom. The van der Waals surface area contributed by atoms with Gasteiger partial charge in [-0.1, -0.05) is 18.2 Å². The quantitative estimate of drug-likeness (QED) is 0.505. The van der Waals surface area contributed by atoms with Crippen LogP contribution in [0.4, 0.5) is 0 Å². The van der Waals surface area contributed by atoms with Crippen molar-refractivity contribution < 1.29 is 4.74 Å². The average Bonchev–Trinajstić information content (AvgIpc) is 2.27. The van der Waals surface area contributed by atoms with Gasteiger partial charge in [0, 0.05) is 0 Å². The summed E-state index contributed by atoms with van der Waals surface area (Å²) < 4.78 is 5.60. The Morgan fingerprint density at radius 2 is 1.88 bits per heavy atom. The molecule has 0 saturated carbocycles. The van der Waals surface area contributed by atoms with Crippen LogP contribution in [-0.2, 0) is 0 Å². The summed E-state index contributed by atoms with van der Waals surface area (Å²) >= 11 is 0. The van der Waals surface area contributed by atoms with Crippen LogP contribution in [0.2, 0.25) is 0 Å². The summed E-state index contributed by atoms with van der Waals surface area (Å²) in [5, 5.41) is 0. The van der Waals surface area contributed by atoms with E-state index in [0.29, 0.717) is 6.54 Å². The van der Waals surface area contributed by atoms with Crippen LogP contribution in [0.25, 0.3) is 0 Å². The molecule has 0 heterocycles. The first-order chi connectivity index (χ1) is 8.08. The van der Waals surface area contributed by atoms with Gasteiger partial charge in [-0.2, -0.15) is 4.99 Å². The Labute approximate surface area is 100 Å². The smallest absolute Gasteiger partial charge is 0.218 e.